The second kappa shape index (κ2) is 6.88. The van der Waals surface area contributed by atoms with Gasteiger partial charge in [0.05, 0.1) is 15.7 Å². The standard InChI is InChI=1S/C14H11Cl2NO2S/c15-10-6-12(13(20)7-11(10)16)17-14(18)19-8-9-4-2-1-3-5-9/h1-7,20H,8H2,(H,17,18). The summed E-state index contributed by atoms with van der Waals surface area (Å²) in [6.07, 6.45) is -0.581. The van der Waals surface area contributed by atoms with Gasteiger partial charge in [-0.05, 0) is 17.7 Å². The van der Waals surface area contributed by atoms with Crippen molar-refractivity contribution in [2.45, 2.75) is 11.5 Å². The van der Waals surface area contributed by atoms with Gasteiger partial charge in [-0.25, -0.2) is 4.79 Å². The van der Waals surface area contributed by atoms with Crippen LogP contribution in [0.2, 0.25) is 10.0 Å². The number of rotatable bonds is 3. The molecule has 0 saturated carbocycles. The van der Waals surface area contributed by atoms with Crippen molar-refractivity contribution in [2.75, 3.05) is 5.32 Å². The van der Waals surface area contributed by atoms with E-state index in [4.69, 9.17) is 27.9 Å². The molecule has 0 aliphatic heterocycles. The van der Waals surface area contributed by atoms with Crippen LogP contribution in [0.15, 0.2) is 47.4 Å². The third-order valence-electron chi connectivity index (χ3n) is 2.49. The molecule has 0 unspecified atom stereocenters. The van der Waals surface area contributed by atoms with Gasteiger partial charge in [0.1, 0.15) is 6.61 Å². The Kier molecular flexibility index (Phi) is 5.17. The lowest BCUT2D eigenvalue weighted by atomic mass is 10.2. The Bertz CT molecular complexity index is 620. The monoisotopic (exact) mass is 327 g/mol. The highest BCUT2D eigenvalue weighted by molar-refractivity contribution is 7.80. The summed E-state index contributed by atoms with van der Waals surface area (Å²) < 4.78 is 5.10. The summed E-state index contributed by atoms with van der Waals surface area (Å²) in [6, 6.07) is 12.5. The van der Waals surface area contributed by atoms with Gasteiger partial charge < -0.3 is 4.74 Å². The van der Waals surface area contributed by atoms with Gasteiger partial charge in [0.2, 0.25) is 0 Å². The summed E-state index contributed by atoms with van der Waals surface area (Å²) in [5.41, 5.74) is 1.35. The molecule has 3 nitrogen and oxygen atoms in total. The number of nitrogens with one attached hydrogen (secondary N) is 1. The van der Waals surface area contributed by atoms with E-state index in [1.807, 2.05) is 30.3 Å². The van der Waals surface area contributed by atoms with E-state index < -0.39 is 6.09 Å². The molecule has 2 aromatic carbocycles. The number of hydrogen-bond acceptors (Lipinski definition) is 3. The van der Waals surface area contributed by atoms with Gasteiger partial charge in [-0.15, -0.1) is 12.6 Å². The Labute approximate surface area is 132 Å². The van der Waals surface area contributed by atoms with E-state index in [-0.39, 0.29) is 6.61 Å². The van der Waals surface area contributed by atoms with Crippen LogP contribution in [-0.4, -0.2) is 6.09 Å². The maximum absolute atomic E-state index is 11.7. The minimum Gasteiger partial charge on any atom is -0.444 e. The highest BCUT2D eigenvalue weighted by atomic mass is 35.5. The average molecular weight is 328 g/mol. The van der Waals surface area contributed by atoms with Crippen LogP contribution in [0.4, 0.5) is 10.5 Å². The quantitative estimate of drug-likeness (QED) is 0.776. The SMILES string of the molecule is O=C(Nc1cc(Cl)c(Cl)cc1S)OCc1ccccc1. The van der Waals surface area contributed by atoms with Crippen LogP contribution in [0.25, 0.3) is 0 Å². The van der Waals surface area contributed by atoms with E-state index in [1.54, 1.807) is 6.07 Å². The molecule has 0 radical (unpaired) electrons. The maximum atomic E-state index is 11.7. The first-order chi connectivity index (χ1) is 9.56. The zero-order chi connectivity index (χ0) is 14.5. The van der Waals surface area contributed by atoms with Crippen molar-refractivity contribution in [1.82, 2.24) is 0 Å². The summed E-state index contributed by atoms with van der Waals surface area (Å²) in [6.45, 7) is 0.190. The third-order valence-corrected chi connectivity index (χ3v) is 3.58. The van der Waals surface area contributed by atoms with Crippen LogP contribution in [0, 0.1) is 0 Å². The highest BCUT2D eigenvalue weighted by Crippen LogP contribution is 2.31. The minimum absolute atomic E-state index is 0.190. The van der Waals surface area contributed by atoms with E-state index in [9.17, 15) is 4.79 Å². The molecule has 6 heteroatoms. The van der Waals surface area contributed by atoms with Gasteiger partial charge in [0, 0.05) is 4.90 Å². The number of benzene rings is 2. The number of carbonyl (C=O) groups excluding carboxylic acids is 1. The summed E-state index contributed by atoms with van der Waals surface area (Å²) >= 11 is 15.9. The smallest absolute Gasteiger partial charge is 0.411 e. The van der Waals surface area contributed by atoms with Crippen LogP contribution < -0.4 is 5.32 Å². The molecular weight excluding hydrogens is 317 g/mol. The number of ether oxygens (including phenoxy) is 1. The summed E-state index contributed by atoms with van der Waals surface area (Å²) in [7, 11) is 0. The van der Waals surface area contributed by atoms with E-state index in [0.717, 1.165) is 5.56 Å². The summed E-state index contributed by atoms with van der Waals surface area (Å²) in [5, 5.41) is 3.28. The second-order valence-corrected chi connectivity index (χ2v) is 5.27. The lowest BCUT2D eigenvalue weighted by molar-refractivity contribution is 0.155. The number of halogens is 2. The Hall–Kier alpha value is -1.36. The Morgan fingerprint density at radius 2 is 1.80 bits per heavy atom. The topological polar surface area (TPSA) is 38.3 Å². The lowest BCUT2D eigenvalue weighted by Gasteiger charge is -2.10. The fraction of sp³-hybridized carbons (Fsp3) is 0.0714. The molecule has 0 fully saturated rings. The molecule has 0 aliphatic carbocycles. The molecular formula is C14H11Cl2NO2S. The first kappa shape index (κ1) is 15.0. The molecule has 1 N–H and O–H groups in total. The van der Waals surface area contributed by atoms with Crippen LogP contribution in [0.5, 0.6) is 0 Å². The molecule has 2 aromatic rings. The molecule has 0 saturated heterocycles. The number of hydrogen-bond donors (Lipinski definition) is 2. The van der Waals surface area contributed by atoms with Gasteiger partial charge >= 0.3 is 6.09 Å². The van der Waals surface area contributed by atoms with E-state index >= 15 is 0 Å². The van der Waals surface area contributed by atoms with E-state index in [2.05, 4.69) is 17.9 Å². The number of amides is 1. The minimum atomic E-state index is -0.581. The second-order valence-electron chi connectivity index (χ2n) is 3.97. The molecule has 0 aromatic heterocycles. The predicted octanol–water partition coefficient (Wildman–Crippen LogP) is 5.03. The van der Waals surface area contributed by atoms with Crippen LogP contribution >= 0.6 is 35.8 Å². The molecule has 20 heavy (non-hydrogen) atoms. The Morgan fingerprint density at radius 1 is 1.15 bits per heavy atom. The lowest BCUT2D eigenvalue weighted by Crippen LogP contribution is -2.14. The molecule has 0 aliphatic rings. The molecule has 1 amide bonds. The molecule has 0 heterocycles. The van der Waals surface area contributed by atoms with Crippen molar-refractivity contribution in [2.24, 2.45) is 0 Å². The molecule has 104 valence electrons. The van der Waals surface area contributed by atoms with Crippen molar-refractivity contribution in [3.8, 4) is 0 Å². The fourth-order valence-corrected chi connectivity index (χ4v) is 2.16. The normalized spacial score (nSPS) is 10.2. The fourth-order valence-electron chi connectivity index (χ4n) is 1.51. The zero-order valence-corrected chi connectivity index (χ0v) is 12.7. The van der Waals surface area contributed by atoms with Gasteiger partial charge in [-0.1, -0.05) is 53.5 Å². The first-order valence-corrected chi connectivity index (χ1v) is 6.92. The Balaban J connectivity index is 1.97. The van der Waals surface area contributed by atoms with Gasteiger partial charge in [-0.3, -0.25) is 5.32 Å². The molecule has 0 spiro atoms. The van der Waals surface area contributed by atoms with Gasteiger partial charge in [0.15, 0.2) is 0 Å². The molecule has 2 rings (SSSR count). The van der Waals surface area contributed by atoms with Crippen molar-refractivity contribution in [1.29, 1.82) is 0 Å². The zero-order valence-electron chi connectivity index (χ0n) is 10.3. The van der Waals surface area contributed by atoms with E-state index in [0.29, 0.717) is 20.6 Å². The summed E-state index contributed by atoms with van der Waals surface area (Å²) in [5.74, 6) is 0. The van der Waals surface area contributed by atoms with Crippen molar-refractivity contribution >= 4 is 47.6 Å². The van der Waals surface area contributed by atoms with Gasteiger partial charge in [-0.2, -0.15) is 0 Å². The van der Waals surface area contributed by atoms with Crippen molar-refractivity contribution in [3.05, 3.63) is 58.1 Å². The van der Waals surface area contributed by atoms with Gasteiger partial charge in [0.25, 0.3) is 0 Å². The number of thiol groups is 1. The van der Waals surface area contributed by atoms with Crippen LogP contribution in [0.1, 0.15) is 5.56 Å². The first-order valence-electron chi connectivity index (χ1n) is 5.72. The summed E-state index contributed by atoms with van der Waals surface area (Å²) in [4.78, 5) is 12.2. The Morgan fingerprint density at radius 3 is 2.50 bits per heavy atom. The predicted molar refractivity (Wildman–Crippen MR) is 84.0 cm³/mol. The third kappa shape index (κ3) is 4.07. The van der Waals surface area contributed by atoms with Crippen molar-refractivity contribution < 1.29 is 9.53 Å². The average Bonchev–Trinajstić information content (AvgIpc) is 2.44. The molecule has 0 atom stereocenters. The van der Waals surface area contributed by atoms with Crippen LogP contribution in [-0.2, 0) is 11.3 Å². The maximum Gasteiger partial charge on any atom is 0.411 e. The van der Waals surface area contributed by atoms with E-state index in [1.165, 1.54) is 6.07 Å². The molecule has 0 bridgehead atoms. The van der Waals surface area contributed by atoms with Crippen LogP contribution in [0.3, 0.4) is 0 Å². The number of carbonyl (C=O) groups is 1. The van der Waals surface area contributed by atoms with Crippen molar-refractivity contribution in [3.63, 3.8) is 0 Å². The number of anilines is 1. The largest absolute Gasteiger partial charge is 0.444 e. The highest BCUT2D eigenvalue weighted by Gasteiger charge is 2.09.